The number of rotatable bonds is 6. The molecular formula is C13H20N2O2. The molecule has 2 N–H and O–H groups in total. The maximum absolute atomic E-state index is 12.3. The van der Waals surface area contributed by atoms with E-state index in [1.165, 1.54) is 0 Å². The standard InChI is InChI=1S/C13H20N2O2/c1-11-5-3-4-6-12(11)13(16)15(8-7-14)9-10-17-2/h3-6H,7-10,14H2,1-2H3. The number of ether oxygens (including phenoxy) is 1. The second-order valence-corrected chi connectivity index (χ2v) is 3.89. The zero-order chi connectivity index (χ0) is 12.7. The fourth-order valence-electron chi connectivity index (χ4n) is 1.66. The molecule has 1 rings (SSSR count). The molecule has 0 saturated heterocycles. The topological polar surface area (TPSA) is 55.6 Å². The molecule has 1 aromatic rings. The molecule has 0 saturated carbocycles. The Morgan fingerprint density at radius 3 is 2.65 bits per heavy atom. The van der Waals surface area contributed by atoms with Gasteiger partial charge >= 0.3 is 0 Å². The lowest BCUT2D eigenvalue weighted by molar-refractivity contribution is 0.0701. The second-order valence-electron chi connectivity index (χ2n) is 3.89. The molecule has 0 aliphatic carbocycles. The van der Waals surface area contributed by atoms with Crippen LogP contribution in [0.15, 0.2) is 24.3 Å². The molecule has 1 aromatic carbocycles. The van der Waals surface area contributed by atoms with Crippen LogP contribution in [0.2, 0.25) is 0 Å². The number of hydrogen-bond acceptors (Lipinski definition) is 3. The molecule has 0 fully saturated rings. The van der Waals surface area contributed by atoms with E-state index in [-0.39, 0.29) is 5.91 Å². The van der Waals surface area contributed by atoms with Gasteiger partial charge in [0, 0.05) is 32.3 Å². The molecule has 94 valence electrons. The maximum atomic E-state index is 12.3. The average Bonchev–Trinajstić information content (AvgIpc) is 2.34. The summed E-state index contributed by atoms with van der Waals surface area (Å²) in [6, 6.07) is 7.57. The molecule has 4 nitrogen and oxygen atoms in total. The summed E-state index contributed by atoms with van der Waals surface area (Å²) in [5.74, 6) is 0.0191. The number of nitrogens with two attached hydrogens (primary N) is 1. The quantitative estimate of drug-likeness (QED) is 0.803. The fourth-order valence-corrected chi connectivity index (χ4v) is 1.66. The van der Waals surface area contributed by atoms with Gasteiger partial charge in [-0.2, -0.15) is 0 Å². The first-order valence-electron chi connectivity index (χ1n) is 5.74. The molecule has 0 aromatic heterocycles. The van der Waals surface area contributed by atoms with E-state index in [2.05, 4.69) is 0 Å². The van der Waals surface area contributed by atoms with Crippen molar-refractivity contribution < 1.29 is 9.53 Å². The van der Waals surface area contributed by atoms with Gasteiger partial charge in [-0.1, -0.05) is 18.2 Å². The highest BCUT2D eigenvalue weighted by atomic mass is 16.5. The highest BCUT2D eigenvalue weighted by molar-refractivity contribution is 5.95. The van der Waals surface area contributed by atoms with E-state index >= 15 is 0 Å². The largest absolute Gasteiger partial charge is 0.383 e. The Morgan fingerprint density at radius 1 is 1.35 bits per heavy atom. The van der Waals surface area contributed by atoms with Crippen LogP contribution in [0.4, 0.5) is 0 Å². The first kappa shape index (κ1) is 13.7. The SMILES string of the molecule is COCCN(CCN)C(=O)c1ccccc1C. The van der Waals surface area contributed by atoms with E-state index in [1.807, 2.05) is 31.2 Å². The molecule has 4 heteroatoms. The zero-order valence-corrected chi connectivity index (χ0v) is 10.5. The molecule has 0 bridgehead atoms. The van der Waals surface area contributed by atoms with Crippen molar-refractivity contribution >= 4 is 5.91 Å². The van der Waals surface area contributed by atoms with Crippen LogP contribution in [0.3, 0.4) is 0 Å². The Hall–Kier alpha value is -1.39. The summed E-state index contributed by atoms with van der Waals surface area (Å²) < 4.78 is 5.00. The van der Waals surface area contributed by atoms with Gasteiger partial charge in [0.25, 0.3) is 5.91 Å². The number of nitrogens with zero attached hydrogens (tertiary/aromatic N) is 1. The van der Waals surface area contributed by atoms with Crippen molar-refractivity contribution in [1.29, 1.82) is 0 Å². The van der Waals surface area contributed by atoms with Crippen molar-refractivity contribution in [3.05, 3.63) is 35.4 Å². The number of carbonyl (C=O) groups excluding carboxylic acids is 1. The van der Waals surface area contributed by atoms with E-state index in [0.29, 0.717) is 26.2 Å². The van der Waals surface area contributed by atoms with E-state index in [9.17, 15) is 4.79 Å². The lowest BCUT2D eigenvalue weighted by Crippen LogP contribution is -2.38. The summed E-state index contributed by atoms with van der Waals surface area (Å²) in [4.78, 5) is 14.0. The Balaban J connectivity index is 2.80. The number of amides is 1. The molecule has 0 atom stereocenters. The van der Waals surface area contributed by atoms with Gasteiger partial charge in [-0.05, 0) is 18.6 Å². The Bertz CT molecular complexity index is 366. The lowest BCUT2D eigenvalue weighted by atomic mass is 10.1. The third kappa shape index (κ3) is 3.84. The molecule has 0 heterocycles. The summed E-state index contributed by atoms with van der Waals surface area (Å²) in [6.45, 7) is 4.04. The van der Waals surface area contributed by atoms with Gasteiger partial charge in [0.2, 0.25) is 0 Å². The van der Waals surface area contributed by atoms with E-state index in [4.69, 9.17) is 10.5 Å². The summed E-state index contributed by atoms with van der Waals surface area (Å²) in [5.41, 5.74) is 7.24. The van der Waals surface area contributed by atoms with Crippen LogP contribution in [0.1, 0.15) is 15.9 Å². The van der Waals surface area contributed by atoms with Gasteiger partial charge in [0.05, 0.1) is 6.61 Å². The second kappa shape index (κ2) is 7.04. The molecule has 0 aliphatic rings. The Kier molecular flexibility index (Phi) is 5.66. The van der Waals surface area contributed by atoms with Crippen molar-refractivity contribution in [1.82, 2.24) is 4.90 Å². The number of aryl methyl sites for hydroxylation is 1. The van der Waals surface area contributed by atoms with Crippen molar-refractivity contribution in [3.63, 3.8) is 0 Å². The third-order valence-electron chi connectivity index (χ3n) is 2.63. The maximum Gasteiger partial charge on any atom is 0.254 e. The van der Waals surface area contributed by atoms with Gasteiger partial charge in [-0.15, -0.1) is 0 Å². The van der Waals surface area contributed by atoms with Gasteiger partial charge in [0.1, 0.15) is 0 Å². The van der Waals surface area contributed by atoms with Crippen LogP contribution >= 0.6 is 0 Å². The first-order valence-corrected chi connectivity index (χ1v) is 5.74. The van der Waals surface area contributed by atoms with Gasteiger partial charge in [0.15, 0.2) is 0 Å². The van der Waals surface area contributed by atoms with Crippen LogP contribution in [-0.4, -0.2) is 44.2 Å². The van der Waals surface area contributed by atoms with Gasteiger partial charge in [-0.3, -0.25) is 4.79 Å². The van der Waals surface area contributed by atoms with Crippen LogP contribution in [0.25, 0.3) is 0 Å². The summed E-state index contributed by atoms with van der Waals surface area (Å²) in [6.07, 6.45) is 0. The van der Waals surface area contributed by atoms with Crippen LogP contribution < -0.4 is 5.73 Å². The number of carbonyl (C=O) groups is 1. The highest BCUT2D eigenvalue weighted by Crippen LogP contribution is 2.10. The Labute approximate surface area is 102 Å². The molecular weight excluding hydrogens is 216 g/mol. The van der Waals surface area contributed by atoms with Crippen molar-refractivity contribution in [2.75, 3.05) is 33.4 Å². The fraction of sp³-hybridized carbons (Fsp3) is 0.462. The minimum Gasteiger partial charge on any atom is -0.383 e. The Morgan fingerprint density at radius 2 is 2.06 bits per heavy atom. The summed E-state index contributed by atoms with van der Waals surface area (Å²) in [7, 11) is 1.62. The van der Waals surface area contributed by atoms with Crippen molar-refractivity contribution in [3.8, 4) is 0 Å². The van der Waals surface area contributed by atoms with Gasteiger partial charge in [-0.25, -0.2) is 0 Å². The smallest absolute Gasteiger partial charge is 0.254 e. The van der Waals surface area contributed by atoms with Crippen LogP contribution in [0.5, 0.6) is 0 Å². The predicted octanol–water partition coefficient (Wildman–Crippen LogP) is 1.04. The molecule has 17 heavy (non-hydrogen) atoms. The molecule has 1 amide bonds. The predicted molar refractivity (Wildman–Crippen MR) is 68.0 cm³/mol. The third-order valence-corrected chi connectivity index (χ3v) is 2.63. The molecule has 0 unspecified atom stereocenters. The van der Waals surface area contributed by atoms with Crippen LogP contribution in [0, 0.1) is 6.92 Å². The first-order chi connectivity index (χ1) is 8.20. The normalized spacial score (nSPS) is 10.3. The average molecular weight is 236 g/mol. The summed E-state index contributed by atoms with van der Waals surface area (Å²) in [5, 5.41) is 0. The van der Waals surface area contributed by atoms with Crippen LogP contribution in [-0.2, 0) is 4.74 Å². The highest BCUT2D eigenvalue weighted by Gasteiger charge is 2.16. The minimum absolute atomic E-state index is 0.0191. The number of benzene rings is 1. The lowest BCUT2D eigenvalue weighted by Gasteiger charge is -2.22. The number of methoxy groups -OCH3 is 1. The zero-order valence-electron chi connectivity index (χ0n) is 10.5. The van der Waals surface area contributed by atoms with E-state index in [1.54, 1.807) is 12.0 Å². The van der Waals surface area contributed by atoms with E-state index in [0.717, 1.165) is 11.1 Å². The monoisotopic (exact) mass is 236 g/mol. The van der Waals surface area contributed by atoms with Crippen molar-refractivity contribution in [2.24, 2.45) is 5.73 Å². The molecule has 0 aliphatic heterocycles. The van der Waals surface area contributed by atoms with Gasteiger partial charge < -0.3 is 15.4 Å². The minimum atomic E-state index is 0.0191. The molecule has 0 radical (unpaired) electrons. The summed E-state index contributed by atoms with van der Waals surface area (Å²) >= 11 is 0. The van der Waals surface area contributed by atoms with E-state index < -0.39 is 0 Å². The molecule has 0 spiro atoms. The number of hydrogen-bond donors (Lipinski definition) is 1. The van der Waals surface area contributed by atoms with Crippen molar-refractivity contribution in [2.45, 2.75) is 6.92 Å².